The minimum atomic E-state index is 0.873. The molecule has 1 aromatic heterocycles. The molecule has 0 aliphatic carbocycles. The highest BCUT2D eigenvalue weighted by atomic mass is 79.9. The maximum atomic E-state index is 4.51. The number of aromatic nitrogens is 2. The molecule has 0 radical (unpaired) electrons. The molecule has 1 N–H and O–H groups in total. The normalized spacial score (nSPS) is 10.9. The highest BCUT2D eigenvalue weighted by Crippen LogP contribution is 2.33. The first kappa shape index (κ1) is 15.0. The molecular formula is C13H16BrN3S2. The summed E-state index contributed by atoms with van der Waals surface area (Å²) in [6.07, 6.45) is 0.891. The summed E-state index contributed by atoms with van der Waals surface area (Å²) in [5.74, 6) is 0.929. The molecule has 2 aromatic rings. The van der Waals surface area contributed by atoms with Crippen LogP contribution in [0.5, 0.6) is 0 Å². The van der Waals surface area contributed by atoms with Crippen LogP contribution in [0, 0.1) is 0 Å². The van der Waals surface area contributed by atoms with Crippen molar-refractivity contribution in [2.45, 2.75) is 36.0 Å². The first-order valence-electron chi connectivity index (χ1n) is 6.22. The summed E-state index contributed by atoms with van der Waals surface area (Å²) >= 11 is 6.70. The van der Waals surface area contributed by atoms with Crippen LogP contribution in [0.25, 0.3) is 0 Å². The number of halogens is 1. The van der Waals surface area contributed by atoms with Gasteiger partial charge in [0.15, 0.2) is 4.34 Å². The molecule has 1 heterocycles. The molecule has 0 atom stereocenters. The maximum Gasteiger partial charge on any atom is 0.174 e. The van der Waals surface area contributed by atoms with Gasteiger partial charge < -0.3 is 5.32 Å². The Morgan fingerprint density at radius 1 is 1.37 bits per heavy atom. The third-order valence-electron chi connectivity index (χ3n) is 2.55. The Labute approximate surface area is 130 Å². The van der Waals surface area contributed by atoms with Gasteiger partial charge in [-0.1, -0.05) is 41.5 Å². The Balaban J connectivity index is 2.18. The number of rotatable bonds is 6. The molecule has 102 valence electrons. The minimum Gasteiger partial charge on any atom is -0.313 e. The van der Waals surface area contributed by atoms with E-state index in [1.54, 1.807) is 11.8 Å². The molecular weight excluding hydrogens is 342 g/mol. The van der Waals surface area contributed by atoms with Crippen molar-refractivity contribution in [3.05, 3.63) is 34.1 Å². The lowest BCUT2D eigenvalue weighted by Crippen LogP contribution is -2.12. The van der Waals surface area contributed by atoms with E-state index in [-0.39, 0.29) is 0 Å². The zero-order chi connectivity index (χ0) is 13.7. The van der Waals surface area contributed by atoms with Crippen LogP contribution >= 0.6 is 39.2 Å². The van der Waals surface area contributed by atoms with Crippen LogP contribution in [0.4, 0.5) is 0 Å². The summed E-state index contributed by atoms with van der Waals surface area (Å²) in [5.41, 5.74) is 1.29. The van der Waals surface area contributed by atoms with Gasteiger partial charge in [0.1, 0.15) is 5.82 Å². The number of nitrogens with one attached hydrogen (secondary N) is 1. The van der Waals surface area contributed by atoms with Crippen LogP contribution < -0.4 is 5.32 Å². The van der Waals surface area contributed by atoms with Crippen LogP contribution in [0.2, 0.25) is 0 Å². The van der Waals surface area contributed by atoms with Gasteiger partial charge in [-0.15, -0.1) is 0 Å². The third kappa shape index (κ3) is 4.27. The molecule has 6 heteroatoms. The van der Waals surface area contributed by atoms with Crippen molar-refractivity contribution in [1.29, 1.82) is 0 Å². The highest BCUT2D eigenvalue weighted by Gasteiger charge is 2.09. The Morgan fingerprint density at radius 2 is 2.21 bits per heavy atom. The lowest BCUT2D eigenvalue weighted by Gasteiger charge is -2.08. The molecule has 0 amide bonds. The van der Waals surface area contributed by atoms with Crippen molar-refractivity contribution < 1.29 is 0 Å². The van der Waals surface area contributed by atoms with Crippen molar-refractivity contribution in [2.75, 3.05) is 6.54 Å². The van der Waals surface area contributed by atoms with E-state index in [2.05, 4.69) is 62.7 Å². The van der Waals surface area contributed by atoms with Gasteiger partial charge in [-0.25, -0.2) is 4.98 Å². The van der Waals surface area contributed by atoms with E-state index in [1.165, 1.54) is 22.0 Å². The molecule has 3 nitrogen and oxygen atoms in total. The van der Waals surface area contributed by atoms with Gasteiger partial charge in [0.05, 0.1) is 0 Å². The maximum absolute atomic E-state index is 4.51. The Bertz CT molecular complexity index is 542. The standard InChI is InChI=1S/C13H16BrN3S2/c1-3-12-16-13(19-17-12)18-11-6-5-10(14)7-9(11)8-15-4-2/h5-7,15H,3-4,8H2,1-2H3. The van der Waals surface area contributed by atoms with Gasteiger partial charge in [0.2, 0.25) is 0 Å². The van der Waals surface area contributed by atoms with E-state index in [4.69, 9.17) is 0 Å². The average molecular weight is 358 g/mol. The average Bonchev–Trinajstić information content (AvgIpc) is 2.86. The number of aryl methyl sites for hydroxylation is 1. The van der Waals surface area contributed by atoms with E-state index in [9.17, 15) is 0 Å². The summed E-state index contributed by atoms with van der Waals surface area (Å²) in [7, 11) is 0. The van der Waals surface area contributed by atoms with Crippen molar-refractivity contribution in [3.63, 3.8) is 0 Å². The molecule has 2 rings (SSSR count). The number of nitrogens with zero attached hydrogens (tertiary/aromatic N) is 2. The van der Waals surface area contributed by atoms with Crippen LogP contribution in [-0.4, -0.2) is 15.9 Å². The summed E-state index contributed by atoms with van der Waals surface area (Å²) in [6, 6.07) is 6.36. The van der Waals surface area contributed by atoms with Crippen LogP contribution in [-0.2, 0) is 13.0 Å². The van der Waals surface area contributed by atoms with Crippen molar-refractivity contribution in [1.82, 2.24) is 14.7 Å². The van der Waals surface area contributed by atoms with Gasteiger partial charge in [-0.3, -0.25) is 0 Å². The molecule has 0 spiro atoms. The van der Waals surface area contributed by atoms with E-state index >= 15 is 0 Å². The van der Waals surface area contributed by atoms with E-state index in [0.717, 1.165) is 34.1 Å². The summed E-state index contributed by atoms with van der Waals surface area (Å²) in [5, 5.41) is 3.37. The fraction of sp³-hybridized carbons (Fsp3) is 0.385. The predicted molar refractivity (Wildman–Crippen MR) is 84.9 cm³/mol. The zero-order valence-electron chi connectivity index (χ0n) is 10.9. The van der Waals surface area contributed by atoms with E-state index in [0.29, 0.717) is 0 Å². The van der Waals surface area contributed by atoms with Crippen molar-refractivity contribution in [3.8, 4) is 0 Å². The molecule has 19 heavy (non-hydrogen) atoms. The predicted octanol–water partition coefficient (Wildman–Crippen LogP) is 4.12. The number of hydrogen-bond acceptors (Lipinski definition) is 5. The molecule has 1 aromatic carbocycles. The summed E-state index contributed by atoms with van der Waals surface area (Å²) < 4.78 is 6.44. The monoisotopic (exact) mass is 357 g/mol. The molecule has 0 saturated carbocycles. The lowest BCUT2D eigenvalue weighted by atomic mass is 10.2. The fourth-order valence-corrected chi connectivity index (χ4v) is 3.74. The van der Waals surface area contributed by atoms with E-state index < -0.39 is 0 Å². The largest absolute Gasteiger partial charge is 0.313 e. The molecule has 0 aliphatic rings. The van der Waals surface area contributed by atoms with Gasteiger partial charge in [0.25, 0.3) is 0 Å². The second-order valence-electron chi connectivity index (χ2n) is 3.96. The smallest absolute Gasteiger partial charge is 0.174 e. The second-order valence-corrected chi connectivity index (χ2v) is 6.92. The van der Waals surface area contributed by atoms with Crippen LogP contribution in [0.15, 0.2) is 31.9 Å². The Hall–Kier alpha value is -0.430. The number of benzene rings is 1. The van der Waals surface area contributed by atoms with Gasteiger partial charge in [-0.05, 0) is 41.8 Å². The summed E-state index contributed by atoms with van der Waals surface area (Å²) in [4.78, 5) is 5.74. The topological polar surface area (TPSA) is 37.8 Å². The van der Waals surface area contributed by atoms with Crippen LogP contribution in [0.3, 0.4) is 0 Å². The molecule has 0 fully saturated rings. The molecule has 0 bridgehead atoms. The molecule has 0 aliphatic heterocycles. The lowest BCUT2D eigenvalue weighted by molar-refractivity contribution is 0.717. The summed E-state index contributed by atoms with van der Waals surface area (Å²) in [6.45, 7) is 6.03. The first-order valence-corrected chi connectivity index (χ1v) is 8.60. The quantitative estimate of drug-likeness (QED) is 0.843. The zero-order valence-corrected chi connectivity index (χ0v) is 14.2. The second kappa shape index (κ2) is 7.38. The van der Waals surface area contributed by atoms with Gasteiger partial charge >= 0.3 is 0 Å². The first-order chi connectivity index (χ1) is 9.22. The Kier molecular flexibility index (Phi) is 5.81. The van der Waals surface area contributed by atoms with Gasteiger partial charge in [-0.2, -0.15) is 4.37 Å². The minimum absolute atomic E-state index is 0.873. The van der Waals surface area contributed by atoms with Gasteiger partial charge in [0, 0.05) is 22.3 Å². The molecule has 0 saturated heterocycles. The van der Waals surface area contributed by atoms with Crippen molar-refractivity contribution in [2.24, 2.45) is 0 Å². The van der Waals surface area contributed by atoms with Crippen molar-refractivity contribution >= 4 is 39.2 Å². The highest BCUT2D eigenvalue weighted by molar-refractivity contribution is 9.10. The number of hydrogen-bond donors (Lipinski definition) is 1. The fourth-order valence-electron chi connectivity index (χ4n) is 1.56. The Morgan fingerprint density at radius 3 is 2.89 bits per heavy atom. The van der Waals surface area contributed by atoms with Crippen LogP contribution in [0.1, 0.15) is 25.2 Å². The third-order valence-corrected chi connectivity index (χ3v) is 4.95. The SMILES string of the molecule is CCNCc1cc(Br)ccc1Sc1nc(CC)ns1. The molecule has 0 unspecified atom stereocenters. The van der Waals surface area contributed by atoms with E-state index in [1.807, 2.05) is 0 Å².